The molecule has 0 spiro atoms. The molecule has 0 unspecified atom stereocenters. The second-order valence-electron chi connectivity index (χ2n) is 4.26. The number of hydrogen-bond donors (Lipinski definition) is 1. The second kappa shape index (κ2) is 2.67. The first kappa shape index (κ1) is 9.40. The Hall–Kier alpha value is -0.160. The number of aliphatic hydroxyl groups is 1. The van der Waals surface area contributed by atoms with Gasteiger partial charge in [0.15, 0.2) is 5.79 Å². The zero-order chi connectivity index (χ0) is 9.69. The highest BCUT2D eigenvalue weighted by molar-refractivity contribution is 4.97. The number of ether oxygens (including phenoxy) is 3. The van der Waals surface area contributed by atoms with Gasteiger partial charge in [0.1, 0.15) is 17.8 Å². The van der Waals surface area contributed by atoms with Crippen LogP contribution in [-0.2, 0) is 14.2 Å². The van der Waals surface area contributed by atoms with Crippen molar-refractivity contribution in [1.82, 2.24) is 0 Å². The molecule has 2 aliphatic heterocycles. The Morgan fingerprint density at radius 1 is 1.31 bits per heavy atom. The van der Waals surface area contributed by atoms with E-state index in [1.54, 1.807) is 0 Å². The maximum Gasteiger partial charge on any atom is 0.194 e. The van der Waals surface area contributed by atoms with E-state index in [2.05, 4.69) is 0 Å². The lowest BCUT2D eigenvalue weighted by Gasteiger charge is -2.45. The van der Waals surface area contributed by atoms with E-state index >= 15 is 0 Å². The molecule has 4 heteroatoms. The van der Waals surface area contributed by atoms with E-state index in [-0.39, 0.29) is 18.8 Å². The van der Waals surface area contributed by atoms with E-state index in [1.165, 1.54) is 0 Å². The van der Waals surface area contributed by atoms with Crippen molar-refractivity contribution in [3.05, 3.63) is 0 Å². The monoisotopic (exact) mass is 188 g/mol. The topological polar surface area (TPSA) is 47.9 Å². The summed E-state index contributed by atoms with van der Waals surface area (Å²) < 4.78 is 17.0. The fraction of sp³-hybridized carbons (Fsp3) is 1.00. The molecule has 2 heterocycles. The van der Waals surface area contributed by atoms with Crippen LogP contribution in [0, 0.1) is 0 Å². The van der Waals surface area contributed by atoms with E-state index < -0.39 is 11.4 Å². The van der Waals surface area contributed by atoms with Gasteiger partial charge in [0.2, 0.25) is 0 Å². The Kier molecular flexibility index (Phi) is 1.93. The minimum atomic E-state index is -0.663. The van der Waals surface area contributed by atoms with Crippen molar-refractivity contribution < 1.29 is 19.3 Å². The van der Waals surface area contributed by atoms with Gasteiger partial charge in [-0.1, -0.05) is 0 Å². The van der Waals surface area contributed by atoms with Gasteiger partial charge >= 0.3 is 0 Å². The SMILES string of the molecule is CC1(C)O[C@@H](CO)[C@H]2CO[C@]1(C)O2. The third-order valence-electron chi connectivity index (χ3n) is 3.03. The Morgan fingerprint density at radius 3 is 2.62 bits per heavy atom. The summed E-state index contributed by atoms with van der Waals surface area (Å²) in [5.41, 5.74) is -0.507. The largest absolute Gasteiger partial charge is 0.394 e. The molecular formula is C9H16O4. The zero-order valence-corrected chi connectivity index (χ0v) is 8.24. The fourth-order valence-electron chi connectivity index (χ4n) is 1.81. The first-order chi connectivity index (χ1) is 5.98. The first-order valence-corrected chi connectivity index (χ1v) is 4.59. The van der Waals surface area contributed by atoms with Gasteiger partial charge in [-0.05, 0) is 20.8 Å². The van der Waals surface area contributed by atoms with E-state index in [9.17, 15) is 0 Å². The average molecular weight is 188 g/mol. The molecule has 2 saturated heterocycles. The standard InChI is InChI=1S/C9H16O4/c1-8(2)9(3)11-5-7(13-9)6(4-10)12-8/h6-7,10H,4-5H2,1-3H3/t6-,7+,9+/m0/s1. The summed E-state index contributed by atoms with van der Waals surface area (Å²) in [6.45, 7) is 6.19. The van der Waals surface area contributed by atoms with Crippen LogP contribution in [0.4, 0.5) is 0 Å². The molecule has 4 nitrogen and oxygen atoms in total. The summed E-state index contributed by atoms with van der Waals surface area (Å²) in [7, 11) is 0. The number of hydrogen-bond acceptors (Lipinski definition) is 4. The van der Waals surface area contributed by atoms with E-state index in [4.69, 9.17) is 19.3 Å². The Bertz CT molecular complexity index is 216. The van der Waals surface area contributed by atoms with Gasteiger partial charge in [-0.3, -0.25) is 0 Å². The molecule has 2 rings (SSSR count). The summed E-state index contributed by atoms with van der Waals surface area (Å²) in [4.78, 5) is 0. The van der Waals surface area contributed by atoms with Gasteiger partial charge in [-0.15, -0.1) is 0 Å². The lowest BCUT2D eigenvalue weighted by atomic mass is 9.97. The van der Waals surface area contributed by atoms with Crippen molar-refractivity contribution in [1.29, 1.82) is 0 Å². The highest BCUT2D eigenvalue weighted by Crippen LogP contribution is 2.42. The lowest BCUT2D eigenvalue weighted by Crippen LogP contribution is -2.58. The molecular weight excluding hydrogens is 172 g/mol. The molecule has 3 atom stereocenters. The molecule has 2 bridgehead atoms. The number of aliphatic hydroxyl groups excluding tert-OH is 1. The molecule has 0 saturated carbocycles. The zero-order valence-electron chi connectivity index (χ0n) is 8.24. The predicted octanol–water partition coefficient (Wildman–Crippen LogP) is 0.288. The molecule has 0 aromatic rings. The highest BCUT2D eigenvalue weighted by Gasteiger charge is 2.57. The summed E-state index contributed by atoms with van der Waals surface area (Å²) in [6, 6.07) is 0. The third kappa shape index (κ3) is 1.21. The highest BCUT2D eigenvalue weighted by atomic mass is 16.8. The van der Waals surface area contributed by atoms with Crippen LogP contribution in [0.3, 0.4) is 0 Å². The van der Waals surface area contributed by atoms with Crippen LogP contribution in [0.2, 0.25) is 0 Å². The first-order valence-electron chi connectivity index (χ1n) is 4.59. The van der Waals surface area contributed by atoms with Crippen molar-refractivity contribution >= 4 is 0 Å². The van der Waals surface area contributed by atoms with Crippen molar-refractivity contribution in [3.63, 3.8) is 0 Å². The van der Waals surface area contributed by atoms with Crippen molar-refractivity contribution in [2.24, 2.45) is 0 Å². The van der Waals surface area contributed by atoms with Crippen LogP contribution in [0.1, 0.15) is 20.8 Å². The molecule has 0 radical (unpaired) electrons. The fourth-order valence-corrected chi connectivity index (χ4v) is 1.81. The minimum absolute atomic E-state index is 0.0203. The third-order valence-corrected chi connectivity index (χ3v) is 3.03. The van der Waals surface area contributed by atoms with Gasteiger partial charge in [-0.2, -0.15) is 0 Å². The molecule has 0 amide bonds. The lowest BCUT2D eigenvalue weighted by molar-refractivity contribution is -0.327. The van der Waals surface area contributed by atoms with Gasteiger partial charge in [0, 0.05) is 0 Å². The Morgan fingerprint density at radius 2 is 2.00 bits per heavy atom. The molecule has 0 aromatic carbocycles. The van der Waals surface area contributed by atoms with E-state index in [0.29, 0.717) is 6.61 Å². The van der Waals surface area contributed by atoms with Crippen LogP contribution in [0.5, 0.6) is 0 Å². The van der Waals surface area contributed by atoms with Crippen LogP contribution in [0.25, 0.3) is 0 Å². The quantitative estimate of drug-likeness (QED) is 0.642. The van der Waals surface area contributed by atoms with Crippen LogP contribution < -0.4 is 0 Å². The van der Waals surface area contributed by atoms with Gasteiger partial charge in [0.25, 0.3) is 0 Å². The van der Waals surface area contributed by atoms with Crippen LogP contribution >= 0.6 is 0 Å². The molecule has 13 heavy (non-hydrogen) atoms. The predicted molar refractivity (Wildman–Crippen MR) is 45.3 cm³/mol. The normalized spacial score (nSPS) is 48.0. The summed E-state index contributed by atoms with van der Waals surface area (Å²) >= 11 is 0. The maximum absolute atomic E-state index is 9.07. The van der Waals surface area contributed by atoms with E-state index in [0.717, 1.165) is 0 Å². The van der Waals surface area contributed by atoms with Gasteiger partial charge < -0.3 is 19.3 Å². The molecule has 0 aliphatic carbocycles. The van der Waals surface area contributed by atoms with Crippen molar-refractivity contribution in [2.45, 2.75) is 44.4 Å². The van der Waals surface area contributed by atoms with Crippen molar-refractivity contribution in [2.75, 3.05) is 13.2 Å². The van der Waals surface area contributed by atoms with Gasteiger partial charge in [-0.25, -0.2) is 0 Å². The van der Waals surface area contributed by atoms with Crippen molar-refractivity contribution in [3.8, 4) is 0 Å². The molecule has 2 aliphatic rings. The Labute approximate surface area is 77.8 Å². The second-order valence-corrected chi connectivity index (χ2v) is 4.26. The van der Waals surface area contributed by atoms with Crippen LogP contribution in [0.15, 0.2) is 0 Å². The molecule has 76 valence electrons. The smallest absolute Gasteiger partial charge is 0.194 e. The summed E-state index contributed by atoms with van der Waals surface area (Å²) in [5.74, 6) is -0.663. The maximum atomic E-state index is 9.07. The van der Waals surface area contributed by atoms with E-state index in [1.807, 2.05) is 20.8 Å². The Balaban J connectivity index is 2.24. The average Bonchev–Trinajstić information content (AvgIpc) is 2.41. The molecule has 0 aromatic heterocycles. The summed E-state index contributed by atoms with van der Waals surface area (Å²) in [5, 5.41) is 9.07. The summed E-state index contributed by atoms with van der Waals surface area (Å²) in [6.07, 6.45) is -0.381. The molecule has 1 N–H and O–H groups in total. The minimum Gasteiger partial charge on any atom is -0.394 e. The number of rotatable bonds is 1. The van der Waals surface area contributed by atoms with Crippen LogP contribution in [-0.4, -0.2) is 41.9 Å². The number of fused-ring (bicyclic) bond motifs is 2. The molecule has 2 fully saturated rings. The van der Waals surface area contributed by atoms with Gasteiger partial charge in [0.05, 0.1) is 13.2 Å².